The Bertz CT molecular complexity index is 1140. The average molecular weight is 456 g/mol. The van der Waals surface area contributed by atoms with Gasteiger partial charge in [0.2, 0.25) is 0 Å². The highest BCUT2D eigenvalue weighted by Gasteiger charge is 2.12. The predicted octanol–water partition coefficient (Wildman–Crippen LogP) is 4.40. The van der Waals surface area contributed by atoms with Gasteiger partial charge in [0, 0.05) is 25.2 Å². The summed E-state index contributed by atoms with van der Waals surface area (Å²) < 4.78 is 20.1. The maximum atomic E-state index is 13.1. The molecule has 0 aliphatic rings. The van der Waals surface area contributed by atoms with Gasteiger partial charge in [-0.05, 0) is 61.0 Å². The number of allylic oxidation sites excluding steroid dienone is 1. The molecule has 0 aliphatic heterocycles. The number of aromatic nitrogens is 2. The van der Waals surface area contributed by atoms with Crippen LogP contribution < -0.4 is 4.74 Å². The van der Waals surface area contributed by atoms with Crippen LogP contribution in [0.25, 0.3) is 6.08 Å². The van der Waals surface area contributed by atoms with Crippen LogP contribution in [0.3, 0.4) is 0 Å². The number of carbonyl (C=O) groups excluding carboxylic acids is 2. The average Bonchev–Trinajstić information content (AvgIpc) is 3.04. The van der Waals surface area contributed by atoms with Gasteiger partial charge in [-0.15, -0.1) is 0 Å². The van der Waals surface area contributed by atoms with Crippen molar-refractivity contribution in [1.82, 2.24) is 14.7 Å². The molecule has 6 nitrogen and oxygen atoms in total. The molecule has 1 aromatic heterocycles. The van der Waals surface area contributed by atoms with E-state index < -0.39 is 0 Å². The third-order valence-electron chi connectivity index (χ3n) is 4.76. The highest BCUT2D eigenvalue weighted by atomic mass is 35.5. The van der Waals surface area contributed by atoms with Gasteiger partial charge in [0.05, 0.1) is 12.2 Å². The van der Waals surface area contributed by atoms with Crippen molar-refractivity contribution in [1.29, 1.82) is 0 Å². The van der Waals surface area contributed by atoms with Crippen LogP contribution in [0.15, 0.2) is 54.6 Å². The number of rotatable bonds is 8. The number of ether oxygens (including phenoxy) is 1. The second-order valence-corrected chi connectivity index (χ2v) is 7.73. The van der Waals surface area contributed by atoms with Crippen molar-refractivity contribution in [3.8, 4) is 5.75 Å². The van der Waals surface area contributed by atoms with Crippen molar-refractivity contribution in [3.63, 3.8) is 0 Å². The van der Waals surface area contributed by atoms with E-state index in [1.807, 2.05) is 0 Å². The molecule has 0 unspecified atom stereocenters. The van der Waals surface area contributed by atoms with Crippen molar-refractivity contribution < 1.29 is 18.7 Å². The van der Waals surface area contributed by atoms with Gasteiger partial charge in [-0.2, -0.15) is 5.10 Å². The zero-order valence-electron chi connectivity index (χ0n) is 18.0. The number of hydrogen-bond donors (Lipinski definition) is 0. The summed E-state index contributed by atoms with van der Waals surface area (Å²) >= 11 is 6.46. The van der Waals surface area contributed by atoms with Crippen LogP contribution in [0.1, 0.15) is 27.2 Å². The number of aryl methyl sites for hydroxylation is 1. The van der Waals surface area contributed by atoms with E-state index in [0.29, 0.717) is 34.3 Å². The second kappa shape index (κ2) is 10.2. The lowest BCUT2D eigenvalue weighted by atomic mass is 10.1. The first-order chi connectivity index (χ1) is 15.2. The van der Waals surface area contributed by atoms with Crippen LogP contribution in [-0.4, -0.2) is 47.1 Å². The summed E-state index contributed by atoms with van der Waals surface area (Å²) in [5.41, 5.74) is 2.65. The number of carbonyl (C=O) groups is 2. The molecule has 8 heteroatoms. The molecule has 0 aliphatic carbocycles. The summed E-state index contributed by atoms with van der Waals surface area (Å²) in [6, 6.07) is 12.7. The van der Waals surface area contributed by atoms with Crippen LogP contribution in [0.5, 0.6) is 5.75 Å². The fourth-order valence-electron chi connectivity index (χ4n) is 2.87. The lowest BCUT2D eigenvalue weighted by Crippen LogP contribution is -2.27. The highest BCUT2D eigenvalue weighted by Crippen LogP contribution is 2.23. The van der Waals surface area contributed by atoms with Crippen LogP contribution in [0, 0.1) is 12.7 Å². The zero-order chi connectivity index (χ0) is 23.3. The van der Waals surface area contributed by atoms with Gasteiger partial charge in [0.25, 0.3) is 5.91 Å². The monoisotopic (exact) mass is 455 g/mol. The molecule has 1 amide bonds. The number of nitrogens with zero attached hydrogens (tertiary/aromatic N) is 3. The summed E-state index contributed by atoms with van der Waals surface area (Å²) in [6.07, 6.45) is 3.07. The molecule has 166 valence electrons. The molecular weight excluding hydrogens is 433 g/mol. The first-order valence-electron chi connectivity index (χ1n) is 9.87. The van der Waals surface area contributed by atoms with E-state index in [1.54, 1.807) is 68.2 Å². The number of amides is 1. The number of benzene rings is 2. The highest BCUT2D eigenvalue weighted by molar-refractivity contribution is 6.31. The molecule has 0 spiro atoms. The molecule has 0 saturated heterocycles. The minimum Gasteiger partial charge on any atom is -0.484 e. The molecular formula is C24H23ClFN3O3. The van der Waals surface area contributed by atoms with Crippen molar-refractivity contribution in [3.05, 3.63) is 88.0 Å². The maximum absolute atomic E-state index is 13.1. The minimum atomic E-state index is -0.305. The molecule has 0 N–H and O–H groups in total. The van der Waals surface area contributed by atoms with Gasteiger partial charge in [-0.1, -0.05) is 23.7 Å². The minimum absolute atomic E-state index is 0.0696. The maximum Gasteiger partial charge on any atom is 0.259 e. The third-order valence-corrected chi connectivity index (χ3v) is 5.16. The van der Waals surface area contributed by atoms with E-state index in [0.717, 1.165) is 5.56 Å². The zero-order valence-corrected chi connectivity index (χ0v) is 18.8. The summed E-state index contributed by atoms with van der Waals surface area (Å²) in [6.45, 7) is 2.12. The smallest absolute Gasteiger partial charge is 0.259 e. The SMILES string of the molecule is Cc1nn(Cc2ccc(F)cc2)c(Cl)c1/C=C/C(=O)c1ccc(OCC(=O)N(C)C)cc1. The molecule has 3 rings (SSSR count). The standard InChI is InChI=1S/C24H23ClFN3O3/c1-16-21(24(25)29(27-16)14-17-4-8-19(26)9-5-17)12-13-22(30)18-6-10-20(11-7-18)32-15-23(31)28(2)3/h4-13H,14-15H2,1-3H3/b13-12+. The molecule has 0 atom stereocenters. The first kappa shape index (κ1) is 23.2. The number of hydrogen-bond acceptors (Lipinski definition) is 4. The normalized spacial score (nSPS) is 11.0. The van der Waals surface area contributed by atoms with Gasteiger partial charge in [0.15, 0.2) is 12.4 Å². The topological polar surface area (TPSA) is 64.4 Å². The Labute approximate surface area is 190 Å². The van der Waals surface area contributed by atoms with Crippen molar-refractivity contribution in [2.24, 2.45) is 0 Å². The number of likely N-dealkylation sites (N-methyl/N-ethyl adjacent to an activating group) is 1. The first-order valence-corrected chi connectivity index (χ1v) is 10.2. The van der Waals surface area contributed by atoms with E-state index in [2.05, 4.69) is 5.10 Å². The van der Waals surface area contributed by atoms with Gasteiger partial charge in [0.1, 0.15) is 16.7 Å². The second-order valence-electron chi connectivity index (χ2n) is 7.37. The van der Waals surface area contributed by atoms with E-state index in [4.69, 9.17) is 16.3 Å². The lowest BCUT2D eigenvalue weighted by Gasteiger charge is -2.11. The number of ketones is 1. The fourth-order valence-corrected chi connectivity index (χ4v) is 3.17. The van der Waals surface area contributed by atoms with Gasteiger partial charge >= 0.3 is 0 Å². The Morgan fingerprint density at radius 2 is 1.78 bits per heavy atom. The largest absolute Gasteiger partial charge is 0.484 e. The fraction of sp³-hybridized carbons (Fsp3) is 0.208. The quantitative estimate of drug-likeness (QED) is 0.373. The van der Waals surface area contributed by atoms with E-state index in [-0.39, 0.29) is 24.1 Å². The predicted molar refractivity (Wildman–Crippen MR) is 121 cm³/mol. The Balaban J connectivity index is 1.66. The summed E-state index contributed by atoms with van der Waals surface area (Å²) in [5, 5.41) is 4.81. The molecule has 1 heterocycles. The summed E-state index contributed by atoms with van der Waals surface area (Å²) in [7, 11) is 3.31. The third kappa shape index (κ3) is 5.82. The van der Waals surface area contributed by atoms with E-state index in [9.17, 15) is 14.0 Å². The van der Waals surface area contributed by atoms with Crippen molar-refractivity contribution in [2.75, 3.05) is 20.7 Å². The molecule has 0 saturated carbocycles. The Morgan fingerprint density at radius 3 is 2.41 bits per heavy atom. The van der Waals surface area contributed by atoms with Gasteiger partial charge in [-0.3, -0.25) is 9.59 Å². The molecule has 0 bridgehead atoms. The lowest BCUT2D eigenvalue weighted by molar-refractivity contribution is -0.130. The van der Waals surface area contributed by atoms with Crippen molar-refractivity contribution >= 4 is 29.4 Å². The van der Waals surface area contributed by atoms with Crippen LogP contribution in [0.2, 0.25) is 5.15 Å². The van der Waals surface area contributed by atoms with Gasteiger partial charge < -0.3 is 9.64 Å². The summed E-state index contributed by atoms with van der Waals surface area (Å²) in [4.78, 5) is 25.6. The van der Waals surface area contributed by atoms with Crippen LogP contribution in [0.4, 0.5) is 4.39 Å². The Morgan fingerprint density at radius 1 is 1.12 bits per heavy atom. The van der Waals surface area contributed by atoms with Crippen molar-refractivity contribution in [2.45, 2.75) is 13.5 Å². The molecule has 2 aromatic carbocycles. The van der Waals surface area contributed by atoms with Crippen LogP contribution >= 0.6 is 11.6 Å². The van der Waals surface area contributed by atoms with Crippen LogP contribution in [-0.2, 0) is 11.3 Å². The number of halogens is 2. The molecule has 3 aromatic rings. The Hall–Kier alpha value is -3.45. The van der Waals surface area contributed by atoms with Gasteiger partial charge in [-0.25, -0.2) is 9.07 Å². The van der Waals surface area contributed by atoms with E-state index in [1.165, 1.54) is 23.1 Å². The summed E-state index contributed by atoms with van der Waals surface area (Å²) in [5.74, 6) is -0.162. The molecule has 0 radical (unpaired) electrons. The Kier molecular flexibility index (Phi) is 7.43. The molecule has 32 heavy (non-hydrogen) atoms. The van der Waals surface area contributed by atoms with E-state index >= 15 is 0 Å². The molecule has 0 fully saturated rings.